The Morgan fingerprint density at radius 1 is 1.35 bits per heavy atom. The zero-order chi connectivity index (χ0) is 13.9. The van der Waals surface area contributed by atoms with Crippen molar-refractivity contribution in [2.45, 2.75) is 31.7 Å². The van der Waals surface area contributed by atoms with Gasteiger partial charge in [-0.3, -0.25) is 0 Å². The summed E-state index contributed by atoms with van der Waals surface area (Å²) < 4.78 is 19.8. The lowest BCUT2D eigenvalue weighted by Crippen LogP contribution is -2.17. The number of hydrogen-bond donors (Lipinski definition) is 1. The lowest BCUT2D eigenvalue weighted by atomic mass is 10.2. The van der Waals surface area contributed by atoms with Crippen LogP contribution in [0.1, 0.15) is 25.2 Å². The molecule has 3 rings (SSSR count). The molecule has 0 saturated heterocycles. The van der Waals surface area contributed by atoms with Crippen LogP contribution in [0.2, 0.25) is 0 Å². The maximum Gasteiger partial charge on any atom is 0.250 e. The van der Waals surface area contributed by atoms with Gasteiger partial charge < -0.3 is 9.73 Å². The molecule has 106 valence electrons. The van der Waals surface area contributed by atoms with Gasteiger partial charge in [-0.15, -0.1) is 10.2 Å². The fraction of sp³-hybridized carbons (Fsp3) is 0.429. The monoisotopic (exact) mass is 339 g/mol. The second-order valence-corrected chi connectivity index (χ2v) is 5.79. The second-order valence-electron chi connectivity index (χ2n) is 4.93. The van der Waals surface area contributed by atoms with E-state index in [1.807, 2.05) is 0 Å². The quantitative estimate of drug-likeness (QED) is 0.820. The number of benzene rings is 1. The molecule has 0 atom stereocenters. The Morgan fingerprint density at radius 3 is 3.00 bits per heavy atom. The van der Waals surface area contributed by atoms with Crippen molar-refractivity contribution in [2.24, 2.45) is 0 Å². The summed E-state index contributed by atoms with van der Waals surface area (Å²) in [6.07, 6.45) is 4.22. The van der Waals surface area contributed by atoms with Crippen molar-refractivity contribution in [1.29, 1.82) is 0 Å². The van der Waals surface area contributed by atoms with Crippen LogP contribution in [0, 0.1) is 5.82 Å². The standard InChI is InChI=1S/C14H15BrFN3O/c15-11-4-1-3-10(13(11)16)14-19-18-12(20-14)5-2-8-17-9-6-7-9/h1,3-4,9,17H,2,5-8H2. The molecule has 1 aliphatic rings. The zero-order valence-electron chi connectivity index (χ0n) is 10.9. The van der Waals surface area contributed by atoms with Gasteiger partial charge in [-0.2, -0.15) is 0 Å². The first kappa shape index (κ1) is 13.7. The van der Waals surface area contributed by atoms with Gasteiger partial charge >= 0.3 is 0 Å². The third-order valence-electron chi connectivity index (χ3n) is 3.23. The predicted octanol–water partition coefficient (Wildman–Crippen LogP) is 3.32. The number of rotatable bonds is 6. The van der Waals surface area contributed by atoms with Crippen molar-refractivity contribution in [3.8, 4) is 11.5 Å². The summed E-state index contributed by atoms with van der Waals surface area (Å²) in [5.41, 5.74) is 0.328. The summed E-state index contributed by atoms with van der Waals surface area (Å²) >= 11 is 3.15. The van der Waals surface area contributed by atoms with E-state index in [1.54, 1.807) is 18.2 Å². The number of aryl methyl sites for hydroxylation is 1. The van der Waals surface area contributed by atoms with Crippen LogP contribution in [0.3, 0.4) is 0 Å². The summed E-state index contributed by atoms with van der Waals surface area (Å²) in [6.45, 7) is 0.952. The molecular weight excluding hydrogens is 325 g/mol. The lowest BCUT2D eigenvalue weighted by Gasteiger charge is -2.00. The van der Waals surface area contributed by atoms with Gasteiger partial charge in [0.15, 0.2) is 0 Å². The smallest absolute Gasteiger partial charge is 0.250 e. The minimum absolute atomic E-state index is 0.231. The van der Waals surface area contributed by atoms with Crippen LogP contribution in [-0.2, 0) is 6.42 Å². The Hall–Kier alpha value is -1.27. The Kier molecular flexibility index (Phi) is 4.12. The van der Waals surface area contributed by atoms with E-state index < -0.39 is 0 Å². The third kappa shape index (κ3) is 3.24. The second kappa shape index (κ2) is 6.01. The van der Waals surface area contributed by atoms with E-state index >= 15 is 0 Å². The molecule has 2 aromatic rings. The lowest BCUT2D eigenvalue weighted by molar-refractivity contribution is 0.487. The maximum absolute atomic E-state index is 13.9. The van der Waals surface area contributed by atoms with Crippen molar-refractivity contribution >= 4 is 15.9 Å². The van der Waals surface area contributed by atoms with Crippen molar-refractivity contribution in [1.82, 2.24) is 15.5 Å². The van der Waals surface area contributed by atoms with E-state index in [1.165, 1.54) is 12.8 Å². The first-order valence-corrected chi connectivity index (χ1v) is 7.53. The minimum atomic E-state index is -0.377. The van der Waals surface area contributed by atoms with E-state index in [9.17, 15) is 4.39 Å². The maximum atomic E-state index is 13.9. The number of nitrogens with one attached hydrogen (secondary N) is 1. The van der Waals surface area contributed by atoms with E-state index in [2.05, 4.69) is 31.4 Å². The molecular formula is C14H15BrFN3O. The van der Waals surface area contributed by atoms with Crippen molar-refractivity contribution < 1.29 is 8.81 Å². The van der Waals surface area contributed by atoms with E-state index in [-0.39, 0.29) is 11.7 Å². The van der Waals surface area contributed by atoms with E-state index in [4.69, 9.17) is 4.42 Å². The highest BCUT2D eigenvalue weighted by molar-refractivity contribution is 9.10. The number of nitrogens with zero attached hydrogens (tertiary/aromatic N) is 2. The van der Waals surface area contributed by atoms with Crippen LogP contribution in [0.15, 0.2) is 27.1 Å². The van der Waals surface area contributed by atoms with Gasteiger partial charge in [0, 0.05) is 12.5 Å². The van der Waals surface area contributed by atoms with Gasteiger partial charge in [0.05, 0.1) is 10.0 Å². The molecule has 0 aliphatic heterocycles. The van der Waals surface area contributed by atoms with Crippen LogP contribution in [-0.4, -0.2) is 22.8 Å². The molecule has 0 spiro atoms. The minimum Gasteiger partial charge on any atom is -0.421 e. The largest absolute Gasteiger partial charge is 0.421 e. The molecule has 1 saturated carbocycles. The van der Waals surface area contributed by atoms with Crippen LogP contribution < -0.4 is 5.32 Å². The zero-order valence-corrected chi connectivity index (χ0v) is 12.5. The van der Waals surface area contributed by atoms with Crippen LogP contribution in [0.4, 0.5) is 4.39 Å². The molecule has 1 aromatic carbocycles. The predicted molar refractivity (Wildman–Crippen MR) is 76.7 cm³/mol. The average molecular weight is 340 g/mol. The summed E-state index contributed by atoms with van der Waals surface area (Å²) in [4.78, 5) is 0. The van der Waals surface area contributed by atoms with Crippen LogP contribution in [0.5, 0.6) is 0 Å². The van der Waals surface area contributed by atoms with Gasteiger partial charge in [0.1, 0.15) is 5.82 Å². The van der Waals surface area contributed by atoms with Crippen LogP contribution >= 0.6 is 15.9 Å². The average Bonchev–Trinajstić information content (AvgIpc) is 3.15. The van der Waals surface area contributed by atoms with E-state index in [0.717, 1.165) is 13.0 Å². The summed E-state index contributed by atoms with van der Waals surface area (Å²) in [7, 11) is 0. The first-order chi connectivity index (χ1) is 9.74. The number of aromatic nitrogens is 2. The highest BCUT2D eigenvalue weighted by atomic mass is 79.9. The van der Waals surface area contributed by atoms with Crippen molar-refractivity contribution in [3.63, 3.8) is 0 Å². The van der Waals surface area contributed by atoms with Crippen LogP contribution in [0.25, 0.3) is 11.5 Å². The summed E-state index contributed by atoms with van der Waals surface area (Å²) in [5.74, 6) is 0.407. The number of halogens is 2. The molecule has 0 unspecified atom stereocenters. The third-order valence-corrected chi connectivity index (χ3v) is 3.84. The molecule has 0 amide bonds. The number of hydrogen-bond acceptors (Lipinski definition) is 4. The molecule has 6 heteroatoms. The Morgan fingerprint density at radius 2 is 2.20 bits per heavy atom. The molecule has 1 fully saturated rings. The molecule has 1 N–H and O–H groups in total. The normalized spacial score (nSPS) is 14.7. The highest BCUT2D eigenvalue weighted by Gasteiger charge is 2.20. The van der Waals surface area contributed by atoms with Gasteiger partial charge in [-0.25, -0.2) is 4.39 Å². The van der Waals surface area contributed by atoms with E-state index in [0.29, 0.717) is 28.4 Å². The topological polar surface area (TPSA) is 51.0 Å². The van der Waals surface area contributed by atoms with Gasteiger partial charge in [-0.1, -0.05) is 6.07 Å². The molecule has 0 radical (unpaired) electrons. The first-order valence-electron chi connectivity index (χ1n) is 6.74. The Bertz CT molecular complexity index is 598. The van der Waals surface area contributed by atoms with Crippen molar-refractivity contribution in [3.05, 3.63) is 34.4 Å². The Labute approximate surface area is 124 Å². The molecule has 20 heavy (non-hydrogen) atoms. The summed E-state index contributed by atoms with van der Waals surface area (Å²) in [6, 6.07) is 5.72. The van der Waals surface area contributed by atoms with Gasteiger partial charge in [0.2, 0.25) is 5.89 Å². The molecule has 1 aliphatic carbocycles. The molecule has 1 heterocycles. The van der Waals surface area contributed by atoms with Crippen molar-refractivity contribution in [2.75, 3.05) is 6.54 Å². The SMILES string of the molecule is Fc1c(Br)cccc1-c1nnc(CCCNC2CC2)o1. The molecule has 4 nitrogen and oxygen atoms in total. The highest BCUT2D eigenvalue weighted by Crippen LogP contribution is 2.27. The summed E-state index contributed by atoms with van der Waals surface area (Å²) in [5, 5.41) is 11.3. The fourth-order valence-corrected chi connectivity index (χ4v) is 2.33. The Balaban J connectivity index is 1.62. The fourth-order valence-electron chi connectivity index (χ4n) is 1.97. The van der Waals surface area contributed by atoms with Gasteiger partial charge in [0.25, 0.3) is 5.89 Å². The molecule has 1 aromatic heterocycles. The molecule has 0 bridgehead atoms. The van der Waals surface area contributed by atoms with Gasteiger partial charge in [-0.05, 0) is 53.9 Å².